The minimum absolute atomic E-state index is 0.0196. The average Bonchev–Trinajstić information content (AvgIpc) is 2.83. The summed E-state index contributed by atoms with van der Waals surface area (Å²) < 4.78 is 13.3. The monoisotopic (exact) mass is 310 g/mol. The van der Waals surface area contributed by atoms with Crippen LogP contribution in [0.5, 0.6) is 0 Å². The third-order valence-electron chi connectivity index (χ3n) is 4.20. The molecule has 4 nitrogen and oxygen atoms in total. The standard InChI is InChI=1S/C15H16ClFN2O2/c16-7-14(20)18-5-1-2-12(9-18)19-8-10-6-11(17)3-4-13(10)15(19)21/h3-4,6,12H,1-2,5,7-9H2. The van der Waals surface area contributed by atoms with E-state index in [-0.39, 0.29) is 29.6 Å². The minimum Gasteiger partial charge on any atom is -0.340 e. The van der Waals surface area contributed by atoms with Crippen molar-refractivity contribution in [1.29, 1.82) is 0 Å². The maximum absolute atomic E-state index is 13.3. The number of fused-ring (bicyclic) bond motifs is 1. The lowest BCUT2D eigenvalue weighted by Gasteiger charge is -2.37. The fourth-order valence-electron chi connectivity index (χ4n) is 3.13. The Balaban J connectivity index is 1.77. The summed E-state index contributed by atoms with van der Waals surface area (Å²) >= 11 is 5.60. The Morgan fingerprint density at radius 2 is 2.24 bits per heavy atom. The molecule has 0 spiro atoms. The van der Waals surface area contributed by atoms with Crippen molar-refractivity contribution < 1.29 is 14.0 Å². The molecule has 2 heterocycles. The molecular weight excluding hydrogens is 295 g/mol. The Labute approximate surface area is 127 Å². The third kappa shape index (κ3) is 2.62. The van der Waals surface area contributed by atoms with Crippen LogP contribution < -0.4 is 0 Å². The molecule has 2 amide bonds. The van der Waals surface area contributed by atoms with E-state index in [1.807, 2.05) is 0 Å². The fraction of sp³-hybridized carbons (Fsp3) is 0.467. The first-order valence-electron chi connectivity index (χ1n) is 7.03. The number of carbonyl (C=O) groups excluding carboxylic acids is 2. The van der Waals surface area contributed by atoms with Gasteiger partial charge in [0.25, 0.3) is 5.91 Å². The Morgan fingerprint density at radius 1 is 1.43 bits per heavy atom. The summed E-state index contributed by atoms with van der Waals surface area (Å²) in [7, 11) is 0. The maximum Gasteiger partial charge on any atom is 0.254 e. The molecule has 2 aliphatic heterocycles. The van der Waals surface area contributed by atoms with Gasteiger partial charge in [0.15, 0.2) is 0 Å². The van der Waals surface area contributed by atoms with Crippen molar-refractivity contribution >= 4 is 23.4 Å². The zero-order valence-electron chi connectivity index (χ0n) is 11.5. The third-order valence-corrected chi connectivity index (χ3v) is 4.43. The SMILES string of the molecule is O=C(CCl)N1CCCC(N2Cc3cc(F)ccc3C2=O)C1. The highest BCUT2D eigenvalue weighted by molar-refractivity contribution is 6.27. The molecule has 1 unspecified atom stereocenters. The number of rotatable bonds is 2. The van der Waals surface area contributed by atoms with Crippen LogP contribution >= 0.6 is 11.6 Å². The molecule has 112 valence electrons. The van der Waals surface area contributed by atoms with E-state index in [2.05, 4.69) is 0 Å². The highest BCUT2D eigenvalue weighted by atomic mass is 35.5. The summed E-state index contributed by atoms with van der Waals surface area (Å²) in [5.41, 5.74) is 1.29. The van der Waals surface area contributed by atoms with Crippen molar-refractivity contribution in [1.82, 2.24) is 9.80 Å². The maximum atomic E-state index is 13.3. The Morgan fingerprint density at radius 3 is 3.00 bits per heavy atom. The second-order valence-electron chi connectivity index (χ2n) is 5.50. The predicted octanol–water partition coefficient (Wildman–Crippen LogP) is 2.01. The highest BCUT2D eigenvalue weighted by Crippen LogP contribution is 2.28. The number of amides is 2. The van der Waals surface area contributed by atoms with Gasteiger partial charge < -0.3 is 9.80 Å². The van der Waals surface area contributed by atoms with Gasteiger partial charge in [-0.05, 0) is 36.6 Å². The number of hydrogen-bond acceptors (Lipinski definition) is 2. The highest BCUT2D eigenvalue weighted by Gasteiger charge is 2.35. The van der Waals surface area contributed by atoms with Crippen LogP contribution in [0.15, 0.2) is 18.2 Å². The van der Waals surface area contributed by atoms with Crippen LogP contribution in [0.4, 0.5) is 4.39 Å². The molecule has 0 aromatic heterocycles. The first kappa shape index (κ1) is 14.3. The first-order chi connectivity index (χ1) is 10.1. The summed E-state index contributed by atoms with van der Waals surface area (Å²) in [5, 5.41) is 0. The molecule has 1 saturated heterocycles. The van der Waals surface area contributed by atoms with Crippen LogP contribution in [0.25, 0.3) is 0 Å². The molecule has 0 saturated carbocycles. The van der Waals surface area contributed by atoms with E-state index in [0.717, 1.165) is 18.4 Å². The molecule has 2 aliphatic rings. The van der Waals surface area contributed by atoms with Crippen LogP contribution in [-0.4, -0.2) is 46.6 Å². The molecule has 0 bridgehead atoms. The predicted molar refractivity (Wildman–Crippen MR) is 76.6 cm³/mol. The van der Waals surface area contributed by atoms with Crippen molar-refractivity contribution in [2.24, 2.45) is 0 Å². The van der Waals surface area contributed by atoms with Gasteiger partial charge >= 0.3 is 0 Å². The largest absolute Gasteiger partial charge is 0.340 e. The topological polar surface area (TPSA) is 40.6 Å². The van der Waals surface area contributed by atoms with E-state index in [1.54, 1.807) is 9.80 Å². The summed E-state index contributed by atoms with van der Waals surface area (Å²) in [4.78, 5) is 27.6. The molecule has 3 rings (SSSR count). The fourth-order valence-corrected chi connectivity index (χ4v) is 3.30. The molecule has 1 atom stereocenters. The van der Waals surface area contributed by atoms with E-state index in [4.69, 9.17) is 11.6 Å². The van der Waals surface area contributed by atoms with E-state index in [9.17, 15) is 14.0 Å². The molecular formula is C15H16ClFN2O2. The van der Waals surface area contributed by atoms with Crippen molar-refractivity contribution in [2.75, 3.05) is 19.0 Å². The number of nitrogens with zero attached hydrogens (tertiary/aromatic N) is 2. The first-order valence-corrected chi connectivity index (χ1v) is 7.56. The molecule has 21 heavy (non-hydrogen) atoms. The molecule has 1 aromatic carbocycles. The second-order valence-corrected chi connectivity index (χ2v) is 5.77. The van der Waals surface area contributed by atoms with E-state index in [0.29, 0.717) is 25.2 Å². The van der Waals surface area contributed by atoms with Crippen molar-refractivity contribution in [3.8, 4) is 0 Å². The van der Waals surface area contributed by atoms with Gasteiger partial charge in [0.2, 0.25) is 5.91 Å². The van der Waals surface area contributed by atoms with Crippen LogP contribution in [0.1, 0.15) is 28.8 Å². The number of alkyl halides is 1. The van der Waals surface area contributed by atoms with Gasteiger partial charge in [-0.2, -0.15) is 0 Å². The number of hydrogen-bond donors (Lipinski definition) is 0. The van der Waals surface area contributed by atoms with Gasteiger partial charge in [-0.15, -0.1) is 11.6 Å². The smallest absolute Gasteiger partial charge is 0.254 e. The number of carbonyl (C=O) groups is 2. The van der Waals surface area contributed by atoms with Crippen LogP contribution in [0.3, 0.4) is 0 Å². The molecule has 6 heteroatoms. The van der Waals surface area contributed by atoms with Gasteiger partial charge in [-0.3, -0.25) is 9.59 Å². The second kappa shape index (κ2) is 5.64. The van der Waals surface area contributed by atoms with Crippen LogP contribution in [-0.2, 0) is 11.3 Å². The van der Waals surface area contributed by atoms with Crippen molar-refractivity contribution in [3.63, 3.8) is 0 Å². The molecule has 0 N–H and O–H groups in total. The lowest BCUT2D eigenvalue weighted by atomic mass is 10.0. The summed E-state index contributed by atoms with van der Waals surface area (Å²) in [5.74, 6) is -0.538. The van der Waals surface area contributed by atoms with Gasteiger partial charge in [-0.25, -0.2) is 4.39 Å². The summed E-state index contributed by atoms with van der Waals surface area (Å²) in [6.07, 6.45) is 1.70. The van der Waals surface area contributed by atoms with E-state index in [1.165, 1.54) is 18.2 Å². The minimum atomic E-state index is -0.328. The van der Waals surface area contributed by atoms with Gasteiger partial charge in [0, 0.05) is 25.2 Å². The molecule has 1 fully saturated rings. The lowest BCUT2D eigenvalue weighted by Crippen LogP contribution is -2.50. The number of benzene rings is 1. The zero-order valence-corrected chi connectivity index (χ0v) is 12.3. The van der Waals surface area contributed by atoms with E-state index >= 15 is 0 Å². The van der Waals surface area contributed by atoms with Gasteiger partial charge in [0.05, 0.1) is 6.04 Å². The van der Waals surface area contributed by atoms with Crippen LogP contribution in [0.2, 0.25) is 0 Å². The van der Waals surface area contributed by atoms with Crippen molar-refractivity contribution in [3.05, 3.63) is 35.1 Å². The van der Waals surface area contributed by atoms with Gasteiger partial charge in [-0.1, -0.05) is 0 Å². The Kier molecular flexibility index (Phi) is 3.85. The molecule has 0 radical (unpaired) electrons. The number of piperidine rings is 1. The molecule has 1 aromatic rings. The average molecular weight is 311 g/mol. The molecule has 0 aliphatic carbocycles. The number of halogens is 2. The Bertz CT molecular complexity index is 593. The zero-order chi connectivity index (χ0) is 15.0. The summed E-state index contributed by atoms with van der Waals surface area (Å²) in [6, 6.07) is 4.24. The van der Waals surface area contributed by atoms with Crippen molar-refractivity contribution in [2.45, 2.75) is 25.4 Å². The van der Waals surface area contributed by atoms with E-state index < -0.39 is 0 Å². The number of likely N-dealkylation sites (tertiary alicyclic amines) is 1. The Hall–Kier alpha value is -1.62. The van der Waals surface area contributed by atoms with Crippen LogP contribution in [0, 0.1) is 5.82 Å². The summed E-state index contributed by atoms with van der Waals surface area (Å²) in [6.45, 7) is 1.61. The quantitative estimate of drug-likeness (QED) is 0.784. The van der Waals surface area contributed by atoms with Gasteiger partial charge in [0.1, 0.15) is 11.7 Å². The normalized spacial score (nSPS) is 21.6. The lowest BCUT2D eigenvalue weighted by molar-refractivity contribution is -0.130.